The number of carbonyl (C=O) groups is 1. The minimum Gasteiger partial charge on any atom is -0.444 e. The summed E-state index contributed by atoms with van der Waals surface area (Å²) in [4.78, 5) is 17.5. The number of aromatic nitrogens is 1. The van der Waals surface area contributed by atoms with Crippen molar-refractivity contribution in [1.29, 1.82) is 0 Å². The average Bonchev–Trinajstić information content (AvgIpc) is 3.10. The second-order valence-electron chi connectivity index (χ2n) is 7.83. The zero-order valence-corrected chi connectivity index (χ0v) is 16.9. The topological polar surface area (TPSA) is 63.2 Å². The van der Waals surface area contributed by atoms with Crippen molar-refractivity contribution in [3.8, 4) is 0 Å². The number of hydrogen-bond acceptors (Lipinski definition) is 5. The normalized spacial score (nSPS) is 30.0. The molecule has 2 fully saturated rings. The number of alkyl carbamates (subject to hydrolysis) is 1. The highest BCUT2D eigenvalue weighted by atomic mass is 79.9. The Morgan fingerprint density at radius 2 is 1.96 bits per heavy atom. The lowest BCUT2D eigenvalue weighted by Crippen LogP contribution is -2.44. The molecule has 0 bridgehead atoms. The summed E-state index contributed by atoms with van der Waals surface area (Å²) in [6.45, 7) is 5.67. The Bertz CT molecular complexity index is 579. The van der Waals surface area contributed by atoms with Crippen LogP contribution in [0.15, 0.2) is 10.1 Å². The zero-order valence-electron chi connectivity index (χ0n) is 14.5. The van der Waals surface area contributed by atoms with Crippen LogP contribution in [0.25, 0.3) is 0 Å². The number of nitrogens with zero attached hydrogens (tertiary/aromatic N) is 1. The summed E-state index contributed by atoms with van der Waals surface area (Å²) in [5.41, 5.74) is -0.435. The second kappa shape index (κ2) is 7.30. The maximum Gasteiger partial charge on any atom is 0.407 e. The smallest absolute Gasteiger partial charge is 0.407 e. The lowest BCUT2D eigenvalue weighted by Gasteiger charge is -2.30. The summed E-state index contributed by atoms with van der Waals surface area (Å²) in [5.74, 6) is 0.631. The van der Waals surface area contributed by atoms with Gasteiger partial charge in [0, 0.05) is 35.1 Å². The molecule has 2 aliphatic rings. The fourth-order valence-electron chi connectivity index (χ4n) is 3.31. The standard InChI is InChI=1S/C17H26BrN3O2S/c1-17(2,3)23-16(22)21-11-6-4-10(5-7-11)20-13-8-12(13)14-9-19-15(18)24-14/h9-13,20H,4-8H2,1-3H3,(H,21,22)/t10?,11?,12-,13-/m0/s1. The summed E-state index contributed by atoms with van der Waals surface area (Å²) in [6, 6.07) is 1.40. The Labute approximate surface area is 156 Å². The molecule has 134 valence electrons. The molecule has 0 aromatic carbocycles. The van der Waals surface area contributed by atoms with E-state index in [4.69, 9.17) is 4.74 Å². The molecule has 0 unspecified atom stereocenters. The van der Waals surface area contributed by atoms with Crippen LogP contribution < -0.4 is 10.6 Å². The highest BCUT2D eigenvalue weighted by Crippen LogP contribution is 2.44. The highest BCUT2D eigenvalue weighted by molar-refractivity contribution is 9.11. The second-order valence-corrected chi connectivity index (χ2v) is 10.2. The molecule has 1 heterocycles. The lowest BCUT2D eigenvalue weighted by atomic mass is 9.91. The van der Waals surface area contributed by atoms with Crippen LogP contribution in [0.2, 0.25) is 0 Å². The van der Waals surface area contributed by atoms with E-state index in [-0.39, 0.29) is 12.1 Å². The zero-order chi connectivity index (χ0) is 17.3. The summed E-state index contributed by atoms with van der Waals surface area (Å²) in [7, 11) is 0. The molecule has 0 saturated heterocycles. The Hall–Kier alpha value is -0.660. The number of carbonyl (C=O) groups excluding carboxylic acids is 1. The molecule has 2 N–H and O–H groups in total. The van der Waals surface area contributed by atoms with Gasteiger partial charge in [-0.3, -0.25) is 0 Å². The Morgan fingerprint density at radius 1 is 1.29 bits per heavy atom. The van der Waals surface area contributed by atoms with E-state index in [2.05, 4.69) is 31.5 Å². The molecular formula is C17H26BrN3O2S. The van der Waals surface area contributed by atoms with E-state index in [1.54, 1.807) is 11.3 Å². The van der Waals surface area contributed by atoms with E-state index >= 15 is 0 Å². The molecule has 7 heteroatoms. The van der Waals surface area contributed by atoms with Gasteiger partial charge in [-0.2, -0.15) is 0 Å². The third-order valence-electron chi connectivity index (χ3n) is 4.55. The summed E-state index contributed by atoms with van der Waals surface area (Å²) in [6.07, 6.45) is 7.15. The molecule has 0 aliphatic heterocycles. The number of hydrogen-bond donors (Lipinski definition) is 2. The molecule has 1 aromatic heterocycles. The van der Waals surface area contributed by atoms with E-state index in [1.165, 1.54) is 11.3 Å². The molecule has 1 aromatic rings. The highest BCUT2D eigenvalue weighted by Gasteiger charge is 2.41. The maximum atomic E-state index is 11.8. The maximum absolute atomic E-state index is 11.8. The van der Waals surface area contributed by atoms with Gasteiger partial charge in [0.1, 0.15) is 5.60 Å². The first-order valence-electron chi connectivity index (χ1n) is 8.67. The predicted molar refractivity (Wildman–Crippen MR) is 99.5 cm³/mol. The van der Waals surface area contributed by atoms with Crippen molar-refractivity contribution in [3.05, 3.63) is 15.0 Å². The van der Waals surface area contributed by atoms with Crippen molar-refractivity contribution < 1.29 is 9.53 Å². The molecule has 0 spiro atoms. The Kier molecular flexibility index (Phi) is 5.52. The SMILES string of the molecule is CC(C)(C)OC(=O)NC1CCC(N[C@H]2C[C@@H]2c2cnc(Br)s2)CC1. The van der Waals surface area contributed by atoms with Crippen molar-refractivity contribution >= 4 is 33.4 Å². The van der Waals surface area contributed by atoms with Crippen molar-refractivity contribution in [2.45, 2.75) is 82.5 Å². The Morgan fingerprint density at radius 3 is 2.54 bits per heavy atom. The first-order chi connectivity index (χ1) is 11.3. The van der Waals surface area contributed by atoms with E-state index in [0.29, 0.717) is 18.0 Å². The van der Waals surface area contributed by atoms with Gasteiger partial charge in [-0.05, 0) is 68.8 Å². The number of amides is 1. The summed E-state index contributed by atoms with van der Waals surface area (Å²) < 4.78 is 6.30. The van der Waals surface area contributed by atoms with Gasteiger partial charge in [-0.1, -0.05) is 0 Å². The molecule has 24 heavy (non-hydrogen) atoms. The van der Waals surface area contributed by atoms with Crippen LogP contribution in [0.1, 0.15) is 63.7 Å². The first-order valence-corrected chi connectivity index (χ1v) is 10.3. The van der Waals surface area contributed by atoms with E-state index in [0.717, 1.165) is 29.6 Å². The molecule has 2 atom stereocenters. The van der Waals surface area contributed by atoms with Crippen molar-refractivity contribution in [2.24, 2.45) is 0 Å². The van der Waals surface area contributed by atoms with Gasteiger partial charge in [0.05, 0.1) is 0 Å². The fourth-order valence-corrected chi connectivity index (χ4v) is 4.79. The van der Waals surface area contributed by atoms with Crippen LogP contribution in [-0.2, 0) is 4.74 Å². The molecular weight excluding hydrogens is 390 g/mol. The third-order valence-corrected chi connectivity index (χ3v) is 6.16. The van der Waals surface area contributed by atoms with Crippen LogP contribution in [0.4, 0.5) is 4.79 Å². The van der Waals surface area contributed by atoms with Gasteiger partial charge < -0.3 is 15.4 Å². The number of thiazole rings is 1. The van der Waals surface area contributed by atoms with Crippen LogP contribution in [0, 0.1) is 0 Å². The van der Waals surface area contributed by atoms with Crippen molar-refractivity contribution in [1.82, 2.24) is 15.6 Å². The molecule has 0 radical (unpaired) electrons. The van der Waals surface area contributed by atoms with Crippen LogP contribution in [-0.4, -0.2) is 34.8 Å². The van der Waals surface area contributed by atoms with E-state index in [9.17, 15) is 4.79 Å². The van der Waals surface area contributed by atoms with Gasteiger partial charge >= 0.3 is 6.09 Å². The predicted octanol–water partition coefficient (Wildman–Crippen LogP) is 4.19. The van der Waals surface area contributed by atoms with Gasteiger partial charge in [0.2, 0.25) is 0 Å². The van der Waals surface area contributed by atoms with Crippen LogP contribution in [0.5, 0.6) is 0 Å². The average molecular weight is 416 g/mol. The molecule has 2 aliphatic carbocycles. The molecule has 1 amide bonds. The third kappa shape index (κ3) is 5.17. The summed E-state index contributed by atoms with van der Waals surface area (Å²) in [5, 5.41) is 6.78. The van der Waals surface area contributed by atoms with Crippen molar-refractivity contribution in [3.63, 3.8) is 0 Å². The lowest BCUT2D eigenvalue weighted by molar-refractivity contribution is 0.0489. The fraction of sp³-hybridized carbons (Fsp3) is 0.765. The number of rotatable bonds is 4. The van der Waals surface area contributed by atoms with Gasteiger partial charge in [-0.25, -0.2) is 9.78 Å². The summed E-state index contributed by atoms with van der Waals surface area (Å²) >= 11 is 5.17. The van der Waals surface area contributed by atoms with Gasteiger partial charge in [0.25, 0.3) is 0 Å². The largest absolute Gasteiger partial charge is 0.444 e. The quantitative estimate of drug-likeness (QED) is 0.773. The number of nitrogens with one attached hydrogen (secondary N) is 2. The first kappa shape index (κ1) is 18.1. The van der Waals surface area contributed by atoms with Crippen LogP contribution >= 0.6 is 27.3 Å². The van der Waals surface area contributed by atoms with Gasteiger partial charge in [0.15, 0.2) is 3.92 Å². The van der Waals surface area contributed by atoms with E-state index < -0.39 is 5.60 Å². The molecule has 3 rings (SSSR count). The van der Waals surface area contributed by atoms with Gasteiger partial charge in [-0.15, -0.1) is 11.3 Å². The van der Waals surface area contributed by atoms with Crippen molar-refractivity contribution in [2.75, 3.05) is 0 Å². The Balaban J connectivity index is 1.36. The van der Waals surface area contributed by atoms with E-state index in [1.807, 2.05) is 27.0 Å². The number of halogens is 1. The minimum absolute atomic E-state index is 0.241. The molecule has 2 saturated carbocycles. The monoisotopic (exact) mass is 415 g/mol. The number of ether oxygens (including phenoxy) is 1. The van der Waals surface area contributed by atoms with Crippen LogP contribution in [0.3, 0.4) is 0 Å². The minimum atomic E-state index is -0.435. The molecule has 5 nitrogen and oxygen atoms in total.